The van der Waals surface area contributed by atoms with Gasteiger partial charge in [0.05, 0.1) is 0 Å². The summed E-state index contributed by atoms with van der Waals surface area (Å²) in [6, 6.07) is 12.3. The molecule has 0 saturated heterocycles. The van der Waals surface area contributed by atoms with Gasteiger partial charge < -0.3 is 5.11 Å². The van der Waals surface area contributed by atoms with E-state index in [2.05, 4.69) is 38.1 Å². The van der Waals surface area contributed by atoms with Crippen LogP contribution in [-0.2, 0) is 17.6 Å². The van der Waals surface area contributed by atoms with Crippen molar-refractivity contribution >= 4 is 34.7 Å². The molecule has 2 aromatic rings. The number of ketones is 1. The molecule has 3 rings (SSSR count). The quantitative estimate of drug-likeness (QED) is 0.470. The fraction of sp³-hybridized carbons (Fsp3) is 0.500. The van der Waals surface area contributed by atoms with Gasteiger partial charge in [-0.2, -0.15) is 0 Å². The van der Waals surface area contributed by atoms with Crippen molar-refractivity contribution < 1.29 is 14.7 Å². The van der Waals surface area contributed by atoms with Crippen molar-refractivity contribution in [3.05, 3.63) is 57.3 Å². The number of hydrogen-bond donors (Lipinski definition) is 1. The zero-order chi connectivity index (χ0) is 21.0. The molecule has 1 aliphatic carbocycles. The molecule has 0 radical (unpaired) electrons. The van der Waals surface area contributed by atoms with Gasteiger partial charge in [0.15, 0.2) is 0 Å². The van der Waals surface area contributed by atoms with E-state index in [1.54, 1.807) is 6.07 Å². The van der Waals surface area contributed by atoms with Crippen LogP contribution in [-0.4, -0.2) is 22.2 Å². The molecular formula is C24H29ClO3S. The highest BCUT2D eigenvalue weighted by Gasteiger charge is 2.40. The molecule has 1 saturated carbocycles. The lowest BCUT2D eigenvalue weighted by Gasteiger charge is -2.21. The van der Waals surface area contributed by atoms with E-state index in [1.807, 2.05) is 6.07 Å². The average molecular weight is 433 g/mol. The summed E-state index contributed by atoms with van der Waals surface area (Å²) < 4.78 is 0. The van der Waals surface area contributed by atoms with Crippen molar-refractivity contribution in [2.75, 3.05) is 0 Å². The molecule has 1 aromatic carbocycles. The molecule has 0 bridgehead atoms. The van der Waals surface area contributed by atoms with Crippen molar-refractivity contribution in [3.8, 4) is 0 Å². The second kappa shape index (κ2) is 9.90. The third-order valence-electron chi connectivity index (χ3n) is 5.99. The SMILES string of the molecule is CC(C)c1cccc(CC[C@H]2C(Cl)CC(=O)[C@@H]2CCCc2ccc(C(=O)O)s2)c1. The molecule has 3 atom stereocenters. The van der Waals surface area contributed by atoms with E-state index in [0.29, 0.717) is 23.0 Å². The van der Waals surface area contributed by atoms with Crippen LogP contribution in [0.2, 0.25) is 0 Å². The predicted molar refractivity (Wildman–Crippen MR) is 119 cm³/mol. The molecule has 1 aliphatic rings. The van der Waals surface area contributed by atoms with Crippen molar-refractivity contribution in [3.63, 3.8) is 0 Å². The van der Waals surface area contributed by atoms with Crippen LogP contribution >= 0.6 is 22.9 Å². The Balaban J connectivity index is 1.56. The zero-order valence-corrected chi connectivity index (χ0v) is 18.6. The van der Waals surface area contributed by atoms with Crippen molar-refractivity contribution in [1.82, 2.24) is 0 Å². The molecule has 0 aliphatic heterocycles. The third kappa shape index (κ3) is 5.70. The van der Waals surface area contributed by atoms with Crippen LogP contribution < -0.4 is 0 Å². The first-order chi connectivity index (χ1) is 13.8. The van der Waals surface area contributed by atoms with Crippen LogP contribution in [0, 0.1) is 11.8 Å². The molecule has 1 unspecified atom stereocenters. The maximum atomic E-state index is 12.5. The summed E-state index contributed by atoms with van der Waals surface area (Å²) in [4.78, 5) is 25.0. The number of carbonyl (C=O) groups excluding carboxylic acids is 1. The van der Waals surface area contributed by atoms with E-state index >= 15 is 0 Å². The Kier molecular flexibility index (Phi) is 7.53. The second-order valence-corrected chi connectivity index (χ2v) is 10.1. The Morgan fingerprint density at radius 3 is 2.69 bits per heavy atom. The maximum absolute atomic E-state index is 12.5. The number of benzene rings is 1. The number of carboxylic acid groups (broad SMARTS) is 1. The first-order valence-electron chi connectivity index (χ1n) is 10.4. The second-order valence-electron chi connectivity index (χ2n) is 8.36. The highest BCUT2D eigenvalue weighted by molar-refractivity contribution is 7.13. The third-order valence-corrected chi connectivity index (χ3v) is 7.60. The molecule has 29 heavy (non-hydrogen) atoms. The monoisotopic (exact) mass is 432 g/mol. The molecule has 1 N–H and O–H groups in total. The number of alkyl halides is 1. The van der Waals surface area contributed by atoms with Crippen molar-refractivity contribution in [1.29, 1.82) is 0 Å². The number of halogens is 1. The van der Waals surface area contributed by atoms with Crippen LogP contribution in [0.4, 0.5) is 0 Å². The van der Waals surface area contributed by atoms with Gasteiger partial charge in [-0.05, 0) is 67.2 Å². The number of aromatic carboxylic acids is 1. The fourth-order valence-electron chi connectivity index (χ4n) is 4.31. The number of rotatable bonds is 9. The van der Waals surface area contributed by atoms with Gasteiger partial charge in [0.25, 0.3) is 0 Å². The lowest BCUT2D eigenvalue weighted by Crippen LogP contribution is -2.19. The van der Waals surface area contributed by atoms with E-state index in [9.17, 15) is 9.59 Å². The van der Waals surface area contributed by atoms with Crippen molar-refractivity contribution in [2.45, 2.75) is 63.7 Å². The molecule has 1 fully saturated rings. The molecule has 1 aromatic heterocycles. The fourth-order valence-corrected chi connectivity index (χ4v) is 5.65. The summed E-state index contributed by atoms with van der Waals surface area (Å²) in [5.41, 5.74) is 2.67. The Morgan fingerprint density at radius 1 is 1.21 bits per heavy atom. The minimum absolute atomic E-state index is 0.0321. The van der Waals surface area contributed by atoms with Crippen LogP contribution in [0.5, 0.6) is 0 Å². The maximum Gasteiger partial charge on any atom is 0.345 e. The molecular weight excluding hydrogens is 404 g/mol. The van der Waals surface area contributed by atoms with Crippen LogP contribution in [0.15, 0.2) is 36.4 Å². The van der Waals surface area contributed by atoms with Gasteiger partial charge in [-0.15, -0.1) is 22.9 Å². The molecule has 156 valence electrons. The van der Waals surface area contributed by atoms with E-state index in [0.717, 1.165) is 37.0 Å². The predicted octanol–water partition coefficient (Wildman–Crippen LogP) is 6.34. The Hall–Kier alpha value is -1.65. The Labute approximate surface area is 182 Å². The molecule has 0 spiro atoms. The molecule has 1 heterocycles. The zero-order valence-electron chi connectivity index (χ0n) is 17.1. The van der Waals surface area contributed by atoms with Gasteiger partial charge in [0.2, 0.25) is 0 Å². The highest BCUT2D eigenvalue weighted by Crippen LogP contribution is 2.39. The van der Waals surface area contributed by atoms with Gasteiger partial charge in [-0.25, -0.2) is 4.79 Å². The first kappa shape index (κ1) is 22.0. The largest absolute Gasteiger partial charge is 0.477 e. The van der Waals surface area contributed by atoms with Crippen LogP contribution in [0.3, 0.4) is 0 Å². The summed E-state index contributed by atoms with van der Waals surface area (Å²) in [7, 11) is 0. The average Bonchev–Trinajstić information content (AvgIpc) is 3.25. The topological polar surface area (TPSA) is 54.4 Å². The summed E-state index contributed by atoms with van der Waals surface area (Å²) in [5, 5.41) is 8.98. The summed E-state index contributed by atoms with van der Waals surface area (Å²) in [5.74, 6) is 0.187. The number of thiophene rings is 1. The smallest absolute Gasteiger partial charge is 0.345 e. The van der Waals surface area contributed by atoms with Gasteiger partial charge in [0, 0.05) is 22.6 Å². The molecule has 0 amide bonds. The Bertz CT molecular complexity index is 857. The number of carbonyl (C=O) groups is 2. The summed E-state index contributed by atoms with van der Waals surface area (Å²) in [6.07, 6.45) is 4.90. The van der Waals surface area contributed by atoms with E-state index in [1.165, 1.54) is 22.5 Å². The Morgan fingerprint density at radius 2 is 2.00 bits per heavy atom. The first-order valence-corrected chi connectivity index (χ1v) is 11.7. The van der Waals surface area contributed by atoms with Gasteiger partial charge in [0.1, 0.15) is 10.7 Å². The minimum atomic E-state index is -0.876. The minimum Gasteiger partial charge on any atom is -0.477 e. The highest BCUT2D eigenvalue weighted by atomic mass is 35.5. The lowest BCUT2D eigenvalue weighted by atomic mass is 9.85. The number of hydrogen-bond acceptors (Lipinski definition) is 3. The number of Topliss-reactive ketones (excluding diaryl/α,β-unsaturated/α-hetero) is 1. The number of aryl methyl sites for hydroxylation is 2. The number of carboxylic acids is 1. The normalized spacial score (nSPS) is 21.8. The van der Waals surface area contributed by atoms with E-state index < -0.39 is 5.97 Å². The van der Waals surface area contributed by atoms with E-state index in [4.69, 9.17) is 16.7 Å². The van der Waals surface area contributed by atoms with Gasteiger partial charge in [-0.3, -0.25) is 4.79 Å². The standard InChI is InChI=1S/C24H29ClO3S/c1-15(2)17-6-3-5-16(13-17)9-11-19-20(22(26)14-21(19)25)8-4-7-18-10-12-23(29-18)24(27)28/h3,5-6,10,12-13,15,19-21H,4,7-9,11,14H2,1-2H3,(H,27,28)/t19-,20-,21?/m1/s1. The van der Waals surface area contributed by atoms with Crippen LogP contribution in [0.1, 0.15) is 71.1 Å². The van der Waals surface area contributed by atoms with Gasteiger partial charge >= 0.3 is 5.97 Å². The summed E-state index contributed by atoms with van der Waals surface area (Å²) in [6.45, 7) is 4.40. The molecule has 3 nitrogen and oxygen atoms in total. The van der Waals surface area contributed by atoms with Crippen molar-refractivity contribution in [2.24, 2.45) is 11.8 Å². The van der Waals surface area contributed by atoms with Gasteiger partial charge in [-0.1, -0.05) is 38.1 Å². The molecule has 5 heteroatoms. The van der Waals surface area contributed by atoms with Crippen LogP contribution in [0.25, 0.3) is 0 Å². The summed E-state index contributed by atoms with van der Waals surface area (Å²) >= 11 is 7.89. The van der Waals surface area contributed by atoms with E-state index in [-0.39, 0.29) is 17.2 Å². The lowest BCUT2D eigenvalue weighted by molar-refractivity contribution is -0.121.